The summed E-state index contributed by atoms with van der Waals surface area (Å²) in [6.45, 7) is 0.652. The molecular formula is C9H12BrNO2S2. The topological polar surface area (TPSA) is 37.4 Å². The smallest absolute Gasteiger partial charge is 0.211 e. The van der Waals surface area contributed by atoms with Gasteiger partial charge in [0.05, 0.1) is 16.1 Å². The Labute approximate surface area is 102 Å². The van der Waals surface area contributed by atoms with Gasteiger partial charge in [-0.15, -0.1) is 11.3 Å². The molecule has 1 aromatic heterocycles. The third-order valence-corrected chi connectivity index (χ3v) is 5.57. The van der Waals surface area contributed by atoms with Gasteiger partial charge in [0, 0.05) is 11.4 Å². The molecule has 0 N–H and O–H groups in total. The van der Waals surface area contributed by atoms with Gasteiger partial charge in [0.2, 0.25) is 10.0 Å². The molecule has 0 bridgehead atoms. The van der Waals surface area contributed by atoms with Crippen LogP contribution in [0.4, 0.5) is 0 Å². The summed E-state index contributed by atoms with van der Waals surface area (Å²) in [6.07, 6.45) is 3.17. The molecule has 2 heterocycles. The largest absolute Gasteiger partial charge is 0.212 e. The molecule has 1 aliphatic rings. The number of hydrogen-bond donors (Lipinski definition) is 0. The molecule has 1 atom stereocenters. The van der Waals surface area contributed by atoms with Gasteiger partial charge in [0.1, 0.15) is 0 Å². The van der Waals surface area contributed by atoms with E-state index in [9.17, 15) is 8.42 Å². The molecule has 0 unspecified atom stereocenters. The Morgan fingerprint density at radius 2 is 2.27 bits per heavy atom. The summed E-state index contributed by atoms with van der Waals surface area (Å²) in [5, 5.41) is 0. The second-order valence-corrected chi connectivity index (χ2v) is 8.10. The predicted octanol–water partition coefficient (Wildman–Crippen LogP) is 2.61. The molecule has 15 heavy (non-hydrogen) atoms. The van der Waals surface area contributed by atoms with Crippen LogP contribution in [0.15, 0.2) is 15.9 Å². The second-order valence-electron chi connectivity index (χ2n) is 3.67. The van der Waals surface area contributed by atoms with Crippen molar-refractivity contribution in [2.24, 2.45) is 0 Å². The van der Waals surface area contributed by atoms with Crippen LogP contribution in [-0.2, 0) is 10.0 Å². The van der Waals surface area contributed by atoms with Crippen LogP contribution in [0.1, 0.15) is 23.8 Å². The molecule has 0 aromatic carbocycles. The first kappa shape index (κ1) is 11.6. The van der Waals surface area contributed by atoms with Crippen molar-refractivity contribution in [2.75, 3.05) is 12.8 Å². The van der Waals surface area contributed by atoms with Gasteiger partial charge < -0.3 is 0 Å². The molecule has 1 aliphatic heterocycles. The zero-order valence-corrected chi connectivity index (χ0v) is 11.5. The van der Waals surface area contributed by atoms with Gasteiger partial charge in [-0.2, -0.15) is 4.31 Å². The van der Waals surface area contributed by atoms with E-state index in [0.29, 0.717) is 6.54 Å². The third-order valence-electron chi connectivity index (χ3n) is 2.55. The van der Waals surface area contributed by atoms with Crippen molar-refractivity contribution in [3.63, 3.8) is 0 Å². The Morgan fingerprint density at radius 1 is 1.53 bits per heavy atom. The van der Waals surface area contributed by atoms with E-state index in [1.54, 1.807) is 15.6 Å². The van der Waals surface area contributed by atoms with Crippen LogP contribution in [0, 0.1) is 0 Å². The van der Waals surface area contributed by atoms with Crippen LogP contribution >= 0.6 is 27.3 Å². The molecule has 2 rings (SSSR count). The molecule has 0 aliphatic carbocycles. The van der Waals surface area contributed by atoms with E-state index >= 15 is 0 Å². The Bertz CT molecular complexity index is 454. The van der Waals surface area contributed by atoms with Gasteiger partial charge in [0.25, 0.3) is 0 Å². The van der Waals surface area contributed by atoms with E-state index in [-0.39, 0.29) is 6.04 Å². The predicted molar refractivity (Wildman–Crippen MR) is 65.5 cm³/mol. The van der Waals surface area contributed by atoms with Crippen molar-refractivity contribution in [3.8, 4) is 0 Å². The molecular weight excluding hydrogens is 298 g/mol. The van der Waals surface area contributed by atoms with E-state index in [4.69, 9.17) is 0 Å². The zero-order valence-electron chi connectivity index (χ0n) is 8.31. The fourth-order valence-corrected chi connectivity index (χ4v) is 4.71. The highest BCUT2D eigenvalue weighted by Crippen LogP contribution is 2.38. The van der Waals surface area contributed by atoms with E-state index in [0.717, 1.165) is 21.5 Å². The molecule has 0 saturated carbocycles. The standard InChI is InChI=1S/C9H12BrNO2S2/c1-15(12,13)11-6-2-3-7(11)8-4-5-9(10)14-8/h4-5,7H,2-3,6H2,1H3/t7-/m0/s1. The van der Waals surface area contributed by atoms with Crippen molar-refractivity contribution in [1.82, 2.24) is 4.31 Å². The van der Waals surface area contributed by atoms with Crippen molar-refractivity contribution < 1.29 is 8.42 Å². The van der Waals surface area contributed by atoms with Gasteiger partial charge in [-0.3, -0.25) is 0 Å². The highest BCUT2D eigenvalue weighted by Gasteiger charge is 2.33. The Hall–Kier alpha value is 0.0900. The normalized spacial score (nSPS) is 23.5. The summed E-state index contributed by atoms with van der Waals surface area (Å²) in [6, 6.07) is 4.03. The lowest BCUT2D eigenvalue weighted by Crippen LogP contribution is -2.28. The molecule has 6 heteroatoms. The Morgan fingerprint density at radius 3 is 2.80 bits per heavy atom. The zero-order chi connectivity index (χ0) is 11.1. The fraction of sp³-hybridized carbons (Fsp3) is 0.556. The minimum absolute atomic E-state index is 0.0521. The van der Waals surface area contributed by atoms with Crippen LogP contribution in [-0.4, -0.2) is 25.5 Å². The molecule has 0 spiro atoms. The van der Waals surface area contributed by atoms with E-state index in [1.165, 1.54) is 6.26 Å². The summed E-state index contributed by atoms with van der Waals surface area (Å²) in [5.74, 6) is 0. The van der Waals surface area contributed by atoms with Crippen molar-refractivity contribution in [1.29, 1.82) is 0 Å². The number of nitrogens with zero attached hydrogens (tertiary/aromatic N) is 1. The summed E-state index contributed by atoms with van der Waals surface area (Å²) in [7, 11) is -3.07. The van der Waals surface area contributed by atoms with Gasteiger partial charge >= 0.3 is 0 Å². The van der Waals surface area contributed by atoms with Gasteiger partial charge in [-0.25, -0.2) is 8.42 Å². The first-order valence-corrected chi connectivity index (χ1v) is 8.16. The molecule has 0 amide bonds. The summed E-state index contributed by atoms with van der Waals surface area (Å²) >= 11 is 5.02. The van der Waals surface area contributed by atoms with E-state index in [2.05, 4.69) is 15.9 Å². The third kappa shape index (κ3) is 2.43. The van der Waals surface area contributed by atoms with Gasteiger partial charge in [0.15, 0.2) is 0 Å². The van der Waals surface area contributed by atoms with Crippen molar-refractivity contribution >= 4 is 37.3 Å². The second kappa shape index (κ2) is 4.16. The number of thiophene rings is 1. The minimum atomic E-state index is -3.07. The summed E-state index contributed by atoms with van der Waals surface area (Å²) in [5.41, 5.74) is 0. The average Bonchev–Trinajstić information content (AvgIpc) is 2.68. The van der Waals surface area contributed by atoms with Crippen molar-refractivity contribution in [2.45, 2.75) is 18.9 Å². The lowest BCUT2D eigenvalue weighted by atomic mass is 10.2. The number of rotatable bonds is 2. The Balaban J connectivity index is 2.30. The maximum Gasteiger partial charge on any atom is 0.211 e. The number of hydrogen-bond acceptors (Lipinski definition) is 3. The van der Waals surface area contributed by atoms with Gasteiger partial charge in [-0.1, -0.05) is 0 Å². The van der Waals surface area contributed by atoms with Crippen LogP contribution in [0.3, 0.4) is 0 Å². The minimum Gasteiger partial charge on any atom is -0.212 e. The van der Waals surface area contributed by atoms with Crippen LogP contribution < -0.4 is 0 Å². The lowest BCUT2D eigenvalue weighted by Gasteiger charge is -2.20. The Kier molecular flexibility index (Phi) is 3.21. The molecule has 1 fully saturated rings. The molecule has 0 radical (unpaired) electrons. The highest BCUT2D eigenvalue weighted by molar-refractivity contribution is 9.11. The van der Waals surface area contributed by atoms with Crippen LogP contribution in [0.2, 0.25) is 0 Å². The first-order chi connectivity index (χ1) is 6.98. The first-order valence-electron chi connectivity index (χ1n) is 4.70. The van der Waals surface area contributed by atoms with Crippen LogP contribution in [0.5, 0.6) is 0 Å². The summed E-state index contributed by atoms with van der Waals surface area (Å²) in [4.78, 5) is 1.13. The molecule has 3 nitrogen and oxygen atoms in total. The lowest BCUT2D eigenvalue weighted by molar-refractivity contribution is 0.405. The molecule has 1 aromatic rings. The van der Waals surface area contributed by atoms with E-state index in [1.807, 2.05) is 12.1 Å². The average molecular weight is 310 g/mol. The van der Waals surface area contributed by atoms with Gasteiger partial charge in [-0.05, 0) is 40.9 Å². The molecule has 1 saturated heterocycles. The highest BCUT2D eigenvalue weighted by atomic mass is 79.9. The maximum absolute atomic E-state index is 11.5. The fourth-order valence-electron chi connectivity index (χ4n) is 1.93. The monoisotopic (exact) mass is 309 g/mol. The number of halogens is 1. The molecule has 84 valence electrons. The maximum atomic E-state index is 11.5. The quantitative estimate of drug-likeness (QED) is 0.842. The van der Waals surface area contributed by atoms with E-state index < -0.39 is 10.0 Å². The van der Waals surface area contributed by atoms with Crippen molar-refractivity contribution in [3.05, 3.63) is 20.8 Å². The number of sulfonamides is 1. The van der Waals surface area contributed by atoms with Crippen LogP contribution in [0.25, 0.3) is 0 Å². The SMILES string of the molecule is CS(=O)(=O)N1CCC[C@H]1c1ccc(Br)s1. The summed E-state index contributed by atoms with van der Waals surface area (Å²) < 4.78 is 25.7.